The van der Waals surface area contributed by atoms with Crippen LogP contribution in [0.25, 0.3) is 0 Å². The van der Waals surface area contributed by atoms with Gasteiger partial charge in [-0.05, 0) is 29.2 Å². The summed E-state index contributed by atoms with van der Waals surface area (Å²) < 4.78 is 5.86. The number of carbonyl (C=O) groups excluding carboxylic acids is 1. The Morgan fingerprint density at radius 1 is 1.04 bits per heavy atom. The molecule has 0 aromatic heterocycles. The molecule has 2 saturated heterocycles. The molecule has 1 amide bonds. The van der Waals surface area contributed by atoms with Gasteiger partial charge in [0.1, 0.15) is 5.75 Å². The van der Waals surface area contributed by atoms with Crippen LogP contribution in [0.5, 0.6) is 5.75 Å². The predicted molar refractivity (Wildman–Crippen MR) is 96.0 cm³/mol. The molecule has 3 unspecified atom stereocenters. The zero-order valence-corrected chi connectivity index (χ0v) is 14.1. The lowest BCUT2D eigenvalue weighted by Crippen LogP contribution is -2.52. The van der Waals surface area contributed by atoms with E-state index < -0.39 is 0 Å². The molecule has 0 radical (unpaired) electrons. The minimum absolute atomic E-state index is 0.0213. The monoisotopic (exact) mass is 337 g/mol. The molecule has 5 nitrogen and oxygen atoms in total. The van der Waals surface area contributed by atoms with E-state index in [0.29, 0.717) is 18.9 Å². The first-order valence-corrected chi connectivity index (χ1v) is 8.84. The number of hydrogen-bond acceptors (Lipinski definition) is 4. The zero-order chi connectivity index (χ0) is 17.1. The molecular weight excluding hydrogens is 314 g/mol. The summed E-state index contributed by atoms with van der Waals surface area (Å²) >= 11 is 0. The smallest absolute Gasteiger partial charge is 0.221 e. The van der Waals surface area contributed by atoms with Crippen molar-refractivity contribution in [2.24, 2.45) is 5.92 Å². The Morgan fingerprint density at radius 2 is 1.84 bits per heavy atom. The number of hydrazine groups is 1. The van der Waals surface area contributed by atoms with Gasteiger partial charge in [0, 0.05) is 25.3 Å². The largest absolute Gasteiger partial charge is 0.493 e. The maximum absolute atomic E-state index is 11.9. The number of benzene rings is 2. The number of carbonyl (C=O) groups is 1. The number of hydrogen-bond donors (Lipinski definition) is 3. The normalized spacial score (nSPS) is 25.3. The molecule has 5 heteroatoms. The topological polar surface area (TPSA) is 62.4 Å². The van der Waals surface area contributed by atoms with Crippen LogP contribution in [0.1, 0.15) is 23.5 Å². The Kier molecular flexibility index (Phi) is 4.68. The Balaban J connectivity index is 1.37. The molecule has 2 aromatic rings. The predicted octanol–water partition coefficient (Wildman–Crippen LogP) is 1.96. The maximum atomic E-state index is 11.9. The van der Waals surface area contributed by atoms with Crippen molar-refractivity contribution in [2.45, 2.75) is 24.9 Å². The lowest BCUT2D eigenvalue weighted by atomic mass is 9.79. The summed E-state index contributed by atoms with van der Waals surface area (Å²) in [6.45, 7) is 1.53. The van der Waals surface area contributed by atoms with Gasteiger partial charge >= 0.3 is 0 Å². The van der Waals surface area contributed by atoms with E-state index in [1.54, 1.807) is 0 Å². The van der Waals surface area contributed by atoms with Crippen LogP contribution in [0.4, 0.5) is 0 Å². The average molecular weight is 337 g/mol. The molecule has 130 valence electrons. The van der Waals surface area contributed by atoms with Gasteiger partial charge in [-0.25, -0.2) is 5.43 Å². The van der Waals surface area contributed by atoms with Gasteiger partial charge < -0.3 is 10.1 Å². The molecule has 0 bridgehead atoms. The maximum Gasteiger partial charge on any atom is 0.221 e. The summed E-state index contributed by atoms with van der Waals surface area (Å²) in [5.41, 5.74) is 8.76. The second-order valence-electron chi connectivity index (χ2n) is 6.70. The third-order valence-electron chi connectivity index (χ3n) is 5.07. The number of ether oxygens (including phenoxy) is 1. The number of amides is 1. The van der Waals surface area contributed by atoms with Crippen LogP contribution >= 0.6 is 0 Å². The highest BCUT2D eigenvalue weighted by atomic mass is 16.5. The van der Waals surface area contributed by atoms with Gasteiger partial charge in [-0.2, -0.15) is 0 Å². The SMILES string of the molecule is O=C1CC(c2ccc(OCCc3ccccc3)cc2)C2CNNC2N1. The van der Waals surface area contributed by atoms with Gasteiger partial charge in [0.2, 0.25) is 5.91 Å². The van der Waals surface area contributed by atoms with Crippen molar-refractivity contribution >= 4 is 5.91 Å². The van der Waals surface area contributed by atoms with E-state index >= 15 is 0 Å². The third-order valence-corrected chi connectivity index (χ3v) is 5.07. The lowest BCUT2D eigenvalue weighted by molar-refractivity contribution is -0.124. The summed E-state index contributed by atoms with van der Waals surface area (Å²) in [6.07, 6.45) is 1.46. The Bertz CT molecular complexity index is 717. The van der Waals surface area contributed by atoms with Gasteiger partial charge in [0.15, 0.2) is 0 Å². The molecule has 3 N–H and O–H groups in total. The van der Waals surface area contributed by atoms with Crippen LogP contribution in [0, 0.1) is 5.92 Å². The second kappa shape index (κ2) is 7.25. The number of rotatable bonds is 5. The molecule has 2 fully saturated rings. The Morgan fingerprint density at radius 3 is 2.64 bits per heavy atom. The Labute approximate surface area is 147 Å². The first kappa shape index (κ1) is 16.1. The molecule has 2 aliphatic heterocycles. The third kappa shape index (κ3) is 3.67. The van der Waals surface area contributed by atoms with Gasteiger partial charge in [-0.3, -0.25) is 10.2 Å². The molecular formula is C20H23N3O2. The van der Waals surface area contributed by atoms with Gasteiger partial charge in [-0.1, -0.05) is 42.5 Å². The van der Waals surface area contributed by atoms with Crippen LogP contribution in [-0.2, 0) is 11.2 Å². The molecule has 0 aliphatic carbocycles. The number of piperidine rings is 1. The Hall–Kier alpha value is -2.37. The van der Waals surface area contributed by atoms with Crippen LogP contribution in [0.15, 0.2) is 54.6 Å². The minimum atomic E-state index is 0.0213. The van der Waals surface area contributed by atoms with Crippen molar-refractivity contribution in [2.75, 3.05) is 13.2 Å². The summed E-state index contributed by atoms with van der Waals surface area (Å²) in [5, 5.41) is 3.00. The summed E-state index contributed by atoms with van der Waals surface area (Å²) in [4.78, 5) is 11.9. The van der Waals surface area contributed by atoms with Crippen molar-refractivity contribution in [1.82, 2.24) is 16.2 Å². The fourth-order valence-electron chi connectivity index (χ4n) is 3.72. The summed E-state index contributed by atoms with van der Waals surface area (Å²) in [5.74, 6) is 1.59. The first-order chi connectivity index (χ1) is 12.3. The second-order valence-corrected chi connectivity index (χ2v) is 6.70. The van der Waals surface area contributed by atoms with E-state index in [4.69, 9.17) is 4.74 Å². The van der Waals surface area contributed by atoms with Gasteiger partial charge in [0.25, 0.3) is 0 Å². The standard InChI is InChI=1S/C20H23N3O2/c24-19-12-17(18-13-21-23-20(18)22-19)15-6-8-16(9-7-15)25-11-10-14-4-2-1-3-5-14/h1-9,17-18,20-21,23H,10-13H2,(H,22,24). The molecule has 0 saturated carbocycles. The summed E-state index contributed by atoms with van der Waals surface area (Å²) in [6, 6.07) is 18.5. The van der Waals surface area contributed by atoms with Crippen LogP contribution in [0.2, 0.25) is 0 Å². The molecule has 3 atom stereocenters. The molecule has 4 rings (SSSR count). The lowest BCUT2D eigenvalue weighted by Gasteiger charge is -2.33. The highest BCUT2D eigenvalue weighted by Crippen LogP contribution is 2.34. The van der Waals surface area contributed by atoms with Crippen LogP contribution < -0.4 is 20.9 Å². The van der Waals surface area contributed by atoms with Crippen molar-refractivity contribution in [3.63, 3.8) is 0 Å². The molecule has 2 aliphatic rings. The highest BCUT2D eigenvalue weighted by molar-refractivity contribution is 5.78. The van der Waals surface area contributed by atoms with Crippen molar-refractivity contribution in [1.29, 1.82) is 0 Å². The van der Waals surface area contributed by atoms with E-state index in [2.05, 4.69) is 40.4 Å². The van der Waals surface area contributed by atoms with Crippen LogP contribution in [0.3, 0.4) is 0 Å². The van der Waals surface area contributed by atoms with E-state index in [0.717, 1.165) is 18.7 Å². The molecule has 0 spiro atoms. The van der Waals surface area contributed by atoms with Crippen molar-refractivity contribution < 1.29 is 9.53 Å². The van der Waals surface area contributed by atoms with Crippen LogP contribution in [-0.4, -0.2) is 25.2 Å². The fraction of sp³-hybridized carbons (Fsp3) is 0.350. The summed E-state index contributed by atoms with van der Waals surface area (Å²) in [7, 11) is 0. The quantitative estimate of drug-likeness (QED) is 0.781. The van der Waals surface area contributed by atoms with Gasteiger partial charge in [0.05, 0.1) is 12.8 Å². The van der Waals surface area contributed by atoms with Crippen molar-refractivity contribution in [3.05, 3.63) is 65.7 Å². The minimum Gasteiger partial charge on any atom is -0.493 e. The zero-order valence-electron chi connectivity index (χ0n) is 14.1. The van der Waals surface area contributed by atoms with E-state index in [-0.39, 0.29) is 18.0 Å². The number of nitrogens with one attached hydrogen (secondary N) is 3. The fourth-order valence-corrected chi connectivity index (χ4v) is 3.72. The van der Waals surface area contributed by atoms with Crippen molar-refractivity contribution in [3.8, 4) is 5.75 Å². The first-order valence-electron chi connectivity index (χ1n) is 8.84. The molecule has 2 aromatic carbocycles. The molecule has 2 heterocycles. The average Bonchev–Trinajstić information content (AvgIpc) is 3.11. The number of fused-ring (bicyclic) bond motifs is 1. The molecule has 25 heavy (non-hydrogen) atoms. The highest BCUT2D eigenvalue weighted by Gasteiger charge is 2.40. The van der Waals surface area contributed by atoms with E-state index in [9.17, 15) is 4.79 Å². The van der Waals surface area contributed by atoms with Gasteiger partial charge in [-0.15, -0.1) is 0 Å². The van der Waals surface area contributed by atoms with E-state index in [1.165, 1.54) is 11.1 Å². The van der Waals surface area contributed by atoms with E-state index in [1.807, 2.05) is 30.3 Å².